The van der Waals surface area contributed by atoms with E-state index in [9.17, 15) is 8.78 Å². The van der Waals surface area contributed by atoms with E-state index in [-0.39, 0.29) is 5.60 Å². The lowest BCUT2D eigenvalue weighted by Crippen LogP contribution is -2.42. The fourth-order valence-electron chi connectivity index (χ4n) is 2.12. The number of methoxy groups -OCH3 is 1. The molecule has 0 saturated carbocycles. The number of ether oxygens (including phenoxy) is 2. The van der Waals surface area contributed by atoms with E-state index in [1.807, 2.05) is 0 Å². The molecule has 6 heteroatoms. The van der Waals surface area contributed by atoms with Crippen molar-refractivity contribution >= 4 is 0 Å². The van der Waals surface area contributed by atoms with Crippen LogP contribution in [0.3, 0.4) is 0 Å². The summed E-state index contributed by atoms with van der Waals surface area (Å²) in [6.07, 6.45) is 0.787. The molecule has 1 saturated heterocycles. The Kier molecular flexibility index (Phi) is 4.34. The number of rotatable bonds is 5. The first-order valence-corrected chi connectivity index (χ1v) is 6.07. The fourth-order valence-corrected chi connectivity index (χ4v) is 2.12. The zero-order chi connectivity index (χ0) is 13.9. The lowest BCUT2D eigenvalue weighted by molar-refractivity contribution is -0.0159. The summed E-state index contributed by atoms with van der Waals surface area (Å²) in [5.41, 5.74) is 0.0616. The van der Waals surface area contributed by atoms with E-state index in [4.69, 9.17) is 14.6 Å². The normalized spacial score (nSPS) is 22.9. The molecule has 1 aliphatic rings. The Balaban J connectivity index is 1.92. The van der Waals surface area contributed by atoms with Gasteiger partial charge in [-0.1, -0.05) is 0 Å². The van der Waals surface area contributed by atoms with E-state index in [0.717, 1.165) is 18.6 Å². The number of hydrogen-bond acceptors (Lipinski definition) is 4. The van der Waals surface area contributed by atoms with Crippen molar-refractivity contribution in [1.82, 2.24) is 5.32 Å². The van der Waals surface area contributed by atoms with Gasteiger partial charge in [-0.25, -0.2) is 8.78 Å². The van der Waals surface area contributed by atoms with Gasteiger partial charge in [0.1, 0.15) is 5.60 Å². The standard InChI is InChI=1S/C13H17F2NO3/c1-18-13(2-3-19-8-13)7-16-6-9-4-10(14)12(17)11(15)5-9/h4-5,16-17H,2-3,6-8H2,1H3. The van der Waals surface area contributed by atoms with Crippen molar-refractivity contribution in [3.8, 4) is 5.75 Å². The second kappa shape index (κ2) is 5.81. The van der Waals surface area contributed by atoms with Gasteiger partial charge in [-0.3, -0.25) is 0 Å². The van der Waals surface area contributed by atoms with Crippen LogP contribution in [0.1, 0.15) is 12.0 Å². The Hall–Kier alpha value is -1.24. The molecule has 2 rings (SSSR count). The summed E-state index contributed by atoms with van der Waals surface area (Å²) in [7, 11) is 1.62. The molecule has 0 aliphatic carbocycles. The van der Waals surface area contributed by atoms with Crippen molar-refractivity contribution in [1.29, 1.82) is 0 Å². The van der Waals surface area contributed by atoms with Crippen LogP contribution in [-0.2, 0) is 16.0 Å². The number of aromatic hydroxyl groups is 1. The first-order chi connectivity index (χ1) is 9.06. The Morgan fingerprint density at radius 1 is 1.42 bits per heavy atom. The lowest BCUT2D eigenvalue weighted by Gasteiger charge is -2.26. The van der Waals surface area contributed by atoms with Gasteiger partial charge >= 0.3 is 0 Å². The number of phenols is 1. The summed E-state index contributed by atoms with van der Waals surface area (Å²) in [4.78, 5) is 0. The maximum Gasteiger partial charge on any atom is 0.187 e. The molecule has 1 aromatic rings. The molecular weight excluding hydrogens is 256 g/mol. The van der Waals surface area contributed by atoms with Crippen LogP contribution in [-0.4, -0.2) is 37.6 Å². The molecule has 1 aromatic carbocycles. The third kappa shape index (κ3) is 3.20. The topological polar surface area (TPSA) is 50.7 Å². The maximum atomic E-state index is 13.1. The molecule has 2 N–H and O–H groups in total. The van der Waals surface area contributed by atoms with Crippen LogP contribution in [0.15, 0.2) is 12.1 Å². The average Bonchev–Trinajstić information content (AvgIpc) is 2.85. The van der Waals surface area contributed by atoms with E-state index in [1.54, 1.807) is 7.11 Å². The average molecular weight is 273 g/mol. The predicted molar refractivity (Wildman–Crippen MR) is 64.9 cm³/mol. The predicted octanol–water partition coefficient (Wildman–Crippen LogP) is 1.57. The highest BCUT2D eigenvalue weighted by Crippen LogP contribution is 2.23. The Labute approximate surface area is 110 Å². The highest BCUT2D eigenvalue weighted by Gasteiger charge is 2.34. The number of hydrogen-bond donors (Lipinski definition) is 2. The molecule has 1 atom stereocenters. The smallest absolute Gasteiger partial charge is 0.187 e. The van der Waals surface area contributed by atoms with Crippen molar-refractivity contribution in [2.45, 2.75) is 18.6 Å². The summed E-state index contributed by atoms with van der Waals surface area (Å²) in [5, 5.41) is 12.1. The lowest BCUT2D eigenvalue weighted by atomic mass is 10.0. The van der Waals surface area contributed by atoms with Gasteiger partial charge in [0.15, 0.2) is 17.4 Å². The molecule has 0 bridgehead atoms. The molecule has 1 unspecified atom stereocenters. The van der Waals surface area contributed by atoms with E-state index >= 15 is 0 Å². The summed E-state index contributed by atoms with van der Waals surface area (Å²) in [6, 6.07) is 2.21. The molecule has 106 valence electrons. The summed E-state index contributed by atoms with van der Waals surface area (Å²) in [5.74, 6) is -2.86. The third-order valence-corrected chi connectivity index (χ3v) is 3.35. The van der Waals surface area contributed by atoms with Crippen LogP contribution in [0, 0.1) is 11.6 Å². The first-order valence-electron chi connectivity index (χ1n) is 6.07. The molecule has 0 spiro atoms. The monoisotopic (exact) mass is 273 g/mol. The number of phenolic OH excluding ortho intramolecular Hbond substituents is 1. The van der Waals surface area contributed by atoms with Gasteiger partial charge in [0.25, 0.3) is 0 Å². The van der Waals surface area contributed by atoms with Crippen molar-refractivity contribution in [2.75, 3.05) is 26.9 Å². The van der Waals surface area contributed by atoms with Crippen LogP contribution < -0.4 is 5.32 Å². The molecule has 1 heterocycles. The van der Waals surface area contributed by atoms with Gasteiger partial charge in [0.2, 0.25) is 0 Å². The van der Waals surface area contributed by atoms with Crippen LogP contribution in [0.5, 0.6) is 5.75 Å². The van der Waals surface area contributed by atoms with E-state index in [0.29, 0.717) is 31.9 Å². The van der Waals surface area contributed by atoms with Crippen LogP contribution >= 0.6 is 0 Å². The molecule has 1 aliphatic heterocycles. The first kappa shape index (κ1) is 14.2. The van der Waals surface area contributed by atoms with E-state index < -0.39 is 17.4 Å². The van der Waals surface area contributed by atoms with Gasteiger partial charge < -0.3 is 19.9 Å². The molecule has 0 radical (unpaired) electrons. The van der Waals surface area contributed by atoms with E-state index in [2.05, 4.69) is 5.32 Å². The highest BCUT2D eigenvalue weighted by atomic mass is 19.1. The van der Waals surface area contributed by atoms with Gasteiger partial charge in [-0.15, -0.1) is 0 Å². The molecule has 4 nitrogen and oxygen atoms in total. The minimum Gasteiger partial charge on any atom is -0.503 e. The second-order valence-corrected chi connectivity index (χ2v) is 4.70. The van der Waals surface area contributed by atoms with Crippen LogP contribution in [0.4, 0.5) is 8.78 Å². The summed E-state index contributed by atoms with van der Waals surface area (Å²) < 4.78 is 37.0. The number of halogens is 2. The fraction of sp³-hybridized carbons (Fsp3) is 0.538. The number of nitrogens with one attached hydrogen (secondary N) is 1. The highest BCUT2D eigenvalue weighted by molar-refractivity contribution is 5.29. The van der Waals surface area contributed by atoms with Gasteiger partial charge in [-0.2, -0.15) is 0 Å². The second-order valence-electron chi connectivity index (χ2n) is 4.70. The van der Waals surface area contributed by atoms with Crippen molar-refractivity contribution in [2.24, 2.45) is 0 Å². The van der Waals surface area contributed by atoms with Gasteiger partial charge in [0, 0.05) is 33.2 Å². The molecule has 19 heavy (non-hydrogen) atoms. The van der Waals surface area contributed by atoms with Gasteiger partial charge in [0.05, 0.1) is 6.61 Å². The minimum atomic E-state index is -0.956. The molecule has 1 fully saturated rings. The van der Waals surface area contributed by atoms with Crippen LogP contribution in [0.25, 0.3) is 0 Å². The summed E-state index contributed by atoms with van der Waals surface area (Å²) >= 11 is 0. The molecule has 0 amide bonds. The largest absolute Gasteiger partial charge is 0.503 e. The van der Waals surface area contributed by atoms with Gasteiger partial charge in [-0.05, 0) is 17.7 Å². The Morgan fingerprint density at radius 2 is 2.11 bits per heavy atom. The Morgan fingerprint density at radius 3 is 2.63 bits per heavy atom. The molecular formula is C13H17F2NO3. The van der Waals surface area contributed by atoms with E-state index in [1.165, 1.54) is 0 Å². The number of benzene rings is 1. The molecule has 0 aromatic heterocycles. The zero-order valence-electron chi connectivity index (χ0n) is 10.7. The quantitative estimate of drug-likeness (QED) is 0.855. The van der Waals surface area contributed by atoms with Crippen LogP contribution in [0.2, 0.25) is 0 Å². The third-order valence-electron chi connectivity index (χ3n) is 3.35. The van der Waals surface area contributed by atoms with Crippen molar-refractivity contribution in [3.05, 3.63) is 29.3 Å². The van der Waals surface area contributed by atoms with Crippen molar-refractivity contribution in [3.63, 3.8) is 0 Å². The summed E-state index contributed by atoms with van der Waals surface area (Å²) in [6.45, 7) is 1.99. The SMILES string of the molecule is COC1(CNCc2cc(F)c(O)c(F)c2)CCOC1. The maximum absolute atomic E-state index is 13.1. The zero-order valence-corrected chi connectivity index (χ0v) is 10.7. The minimum absolute atomic E-state index is 0.291. The Bertz CT molecular complexity index is 425. The van der Waals surface area contributed by atoms with Crippen molar-refractivity contribution < 1.29 is 23.4 Å².